The average Bonchev–Trinajstić information content (AvgIpc) is 2.63. The molecule has 2 rings (SSSR count). The number of phenolic OH excluding ortho intramolecular Hbond substituents is 2. The molecule has 0 radical (unpaired) electrons. The van der Waals surface area contributed by atoms with Gasteiger partial charge in [0.1, 0.15) is 17.5 Å². The second-order valence-corrected chi connectivity index (χ2v) is 7.67. The summed E-state index contributed by atoms with van der Waals surface area (Å²) in [4.78, 5) is 25.1. The van der Waals surface area contributed by atoms with Crippen LogP contribution in [-0.2, 0) is 20.0 Å². The monoisotopic (exact) mass is 413 g/mol. The molecule has 0 spiro atoms. The number of rotatable bonds is 1. The Hall–Kier alpha value is -2.00. The lowest BCUT2D eigenvalue weighted by atomic mass is 10.0. The fourth-order valence-corrected chi connectivity index (χ4v) is 4.07. The number of hydrogen-bond donors (Lipinski definition) is 3. The number of nitrogens with one attached hydrogen (secondary N) is 1. The van der Waals surface area contributed by atoms with Crippen molar-refractivity contribution in [3.63, 3.8) is 0 Å². The van der Waals surface area contributed by atoms with E-state index in [2.05, 4.69) is 5.32 Å². The van der Waals surface area contributed by atoms with E-state index in [1.807, 2.05) is 0 Å². The van der Waals surface area contributed by atoms with E-state index in [0.29, 0.717) is 41.1 Å². The van der Waals surface area contributed by atoms with Gasteiger partial charge >= 0.3 is 11.9 Å². The molecule has 9 heteroatoms. The topological polar surface area (TPSA) is 105 Å². The highest BCUT2D eigenvalue weighted by Gasteiger charge is 2.25. The maximum Gasteiger partial charge on any atom is 0.338 e. The Balaban J connectivity index is 2.32. The number of esters is 2. The van der Waals surface area contributed by atoms with Crippen LogP contribution in [0.15, 0.2) is 6.07 Å². The Morgan fingerprint density at radius 3 is 2.81 bits per heavy atom. The number of thiocarbonyl (C=S) groups is 1. The molecule has 0 saturated heterocycles. The molecule has 3 N–H and O–H groups in total. The van der Waals surface area contributed by atoms with Crippen LogP contribution in [0, 0.1) is 6.92 Å². The predicted molar refractivity (Wildman–Crippen MR) is 106 cm³/mol. The molecule has 1 aromatic rings. The molecular formula is C18H23NO6S2. The Kier molecular flexibility index (Phi) is 7.73. The molecular weight excluding hydrogens is 390 g/mol. The molecule has 0 bridgehead atoms. The minimum atomic E-state index is -0.619. The first-order valence-electron chi connectivity index (χ1n) is 8.51. The van der Waals surface area contributed by atoms with Crippen LogP contribution in [0.1, 0.15) is 40.7 Å². The van der Waals surface area contributed by atoms with Crippen LogP contribution < -0.4 is 5.32 Å². The quantitative estimate of drug-likeness (QED) is 0.473. The largest absolute Gasteiger partial charge is 0.508 e. The number of carbonyl (C=O) groups excluding carboxylic acids is 2. The zero-order valence-electron chi connectivity index (χ0n) is 15.2. The first-order valence-corrected chi connectivity index (χ1v) is 10.1. The van der Waals surface area contributed by atoms with E-state index in [0.717, 1.165) is 0 Å². The van der Waals surface area contributed by atoms with E-state index in [1.165, 1.54) is 24.9 Å². The van der Waals surface area contributed by atoms with Crippen molar-refractivity contribution < 1.29 is 29.3 Å². The SMILES string of the molecule is COC(=O)[C@@H]1CSCc2c(O)cc(O)c(C)c2C(=O)OCCCCC(=S)N1. The lowest BCUT2D eigenvalue weighted by molar-refractivity contribution is -0.142. The van der Waals surface area contributed by atoms with Crippen LogP contribution in [0.4, 0.5) is 0 Å². The number of benzene rings is 1. The summed E-state index contributed by atoms with van der Waals surface area (Å²) in [5.41, 5.74) is 0.878. The van der Waals surface area contributed by atoms with Crippen molar-refractivity contribution in [2.24, 2.45) is 0 Å². The van der Waals surface area contributed by atoms with Crippen molar-refractivity contribution in [1.82, 2.24) is 5.32 Å². The number of ether oxygens (including phenoxy) is 2. The number of fused-ring (bicyclic) bond motifs is 1. The van der Waals surface area contributed by atoms with E-state index < -0.39 is 18.0 Å². The third-order valence-corrected chi connectivity index (χ3v) is 5.61. The molecule has 0 aliphatic carbocycles. The Labute approximate surface area is 167 Å². The third-order valence-electron chi connectivity index (χ3n) is 4.23. The summed E-state index contributed by atoms with van der Waals surface area (Å²) in [6.45, 7) is 1.80. The zero-order chi connectivity index (χ0) is 20.0. The van der Waals surface area contributed by atoms with Crippen molar-refractivity contribution >= 4 is 40.9 Å². The molecule has 1 atom stereocenters. The molecule has 0 unspecified atom stereocenters. The number of methoxy groups -OCH3 is 1. The van der Waals surface area contributed by atoms with E-state index in [-0.39, 0.29) is 29.4 Å². The summed E-state index contributed by atoms with van der Waals surface area (Å²) in [6.07, 6.45) is 1.86. The fraction of sp³-hybridized carbons (Fsp3) is 0.500. The van der Waals surface area contributed by atoms with Crippen LogP contribution in [0.5, 0.6) is 11.5 Å². The molecule has 148 valence electrons. The summed E-state index contributed by atoms with van der Waals surface area (Å²) in [5, 5.41) is 23.2. The second-order valence-electron chi connectivity index (χ2n) is 6.14. The molecule has 1 heterocycles. The van der Waals surface area contributed by atoms with Gasteiger partial charge in [0.25, 0.3) is 0 Å². The Bertz CT molecular complexity index is 737. The number of aromatic hydroxyl groups is 2. The van der Waals surface area contributed by atoms with Crippen LogP contribution in [-0.4, -0.2) is 52.7 Å². The molecule has 0 fully saturated rings. The van der Waals surface area contributed by atoms with Gasteiger partial charge in [0.15, 0.2) is 0 Å². The second kappa shape index (κ2) is 9.80. The van der Waals surface area contributed by atoms with Gasteiger partial charge in [-0.1, -0.05) is 12.2 Å². The van der Waals surface area contributed by atoms with Gasteiger partial charge in [-0.3, -0.25) is 0 Å². The molecule has 0 amide bonds. The molecule has 1 aliphatic rings. The van der Waals surface area contributed by atoms with Crippen LogP contribution >= 0.6 is 24.0 Å². The molecule has 7 nitrogen and oxygen atoms in total. The van der Waals surface area contributed by atoms with Crippen LogP contribution in [0.2, 0.25) is 0 Å². The summed E-state index contributed by atoms with van der Waals surface area (Å²) in [5.74, 6) is -0.796. The average molecular weight is 414 g/mol. The van der Waals surface area contributed by atoms with Gasteiger partial charge in [0.05, 0.1) is 24.3 Å². The highest BCUT2D eigenvalue weighted by atomic mass is 32.2. The van der Waals surface area contributed by atoms with Gasteiger partial charge in [-0.25, -0.2) is 9.59 Å². The third kappa shape index (κ3) is 5.49. The number of cyclic esters (lactones) is 1. The van der Waals surface area contributed by atoms with E-state index in [4.69, 9.17) is 21.7 Å². The first-order chi connectivity index (χ1) is 12.8. The van der Waals surface area contributed by atoms with E-state index >= 15 is 0 Å². The van der Waals surface area contributed by atoms with Crippen molar-refractivity contribution in [1.29, 1.82) is 0 Å². The smallest absolute Gasteiger partial charge is 0.338 e. The van der Waals surface area contributed by atoms with E-state index in [9.17, 15) is 19.8 Å². The van der Waals surface area contributed by atoms with Gasteiger partial charge in [0, 0.05) is 28.7 Å². The minimum absolute atomic E-state index is 0.162. The summed E-state index contributed by atoms with van der Waals surface area (Å²) >= 11 is 6.61. The van der Waals surface area contributed by atoms with Crippen molar-refractivity contribution in [2.75, 3.05) is 19.5 Å². The Morgan fingerprint density at radius 1 is 1.37 bits per heavy atom. The van der Waals surface area contributed by atoms with Crippen LogP contribution in [0.3, 0.4) is 0 Å². The maximum atomic E-state index is 12.5. The van der Waals surface area contributed by atoms with E-state index in [1.54, 1.807) is 6.92 Å². The molecule has 0 aromatic heterocycles. The first kappa shape index (κ1) is 21.3. The highest BCUT2D eigenvalue weighted by Crippen LogP contribution is 2.35. The summed E-state index contributed by atoms with van der Waals surface area (Å²) in [7, 11) is 1.31. The number of thioether (sulfide) groups is 1. The van der Waals surface area contributed by atoms with Gasteiger partial charge in [-0.2, -0.15) is 11.8 Å². The molecule has 1 aliphatic heterocycles. The van der Waals surface area contributed by atoms with Crippen molar-refractivity contribution in [3.05, 3.63) is 22.8 Å². The lowest BCUT2D eigenvalue weighted by Gasteiger charge is -2.20. The highest BCUT2D eigenvalue weighted by molar-refractivity contribution is 7.98. The maximum absolute atomic E-state index is 12.5. The fourth-order valence-electron chi connectivity index (χ4n) is 2.71. The van der Waals surface area contributed by atoms with Crippen LogP contribution in [0.25, 0.3) is 0 Å². The number of hydrogen-bond acceptors (Lipinski definition) is 8. The molecule has 1 aromatic carbocycles. The summed E-state index contributed by atoms with van der Waals surface area (Å²) < 4.78 is 10.1. The van der Waals surface area contributed by atoms with Crippen molar-refractivity contribution in [2.45, 2.75) is 38.0 Å². The number of phenols is 2. The molecule has 27 heavy (non-hydrogen) atoms. The zero-order valence-corrected chi connectivity index (χ0v) is 16.9. The van der Waals surface area contributed by atoms with Gasteiger partial charge < -0.3 is 25.0 Å². The van der Waals surface area contributed by atoms with Gasteiger partial charge in [-0.15, -0.1) is 0 Å². The Morgan fingerprint density at radius 2 is 2.11 bits per heavy atom. The standard InChI is InChI=1S/C18H23NO6S2/c1-10-13(20)7-14(21)11-8-27-9-12(17(22)24-2)19-15(26)5-3-4-6-25-18(23)16(10)11/h7,12,20-21H,3-6,8-9H2,1-2H3,(H,19,26)/t12-/m0/s1. The predicted octanol–water partition coefficient (Wildman–Crippen LogP) is 2.44. The van der Waals surface area contributed by atoms with Gasteiger partial charge in [0.2, 0.25) is 0 Å². The summed E-state index contributed by atoms with van der Waals surface area (Å²) in [6, 6.07) is 0.585. The molecule has 0 saturated carbocycles. The minimum Gasteiger partial charge on any atom is -0.508 e. The normalized spacial score (nSPS) is 19.3. The van der Waals surface area contributed by atoms with Gasteiger partial charge in [-0.05, 0) is 26.2 Å². The number of carbonyl (C=O) groups is 2. The van der Waals surface area contributed by atoms with Crippen molar-refractivity contribution in [3.8, 4) is 11.5 Å². The lowest BCUT2D eigenvalue weighted by Crippen LogP contribution is -2.42.